The lowest BCUT2D eigenvalue weighted by Crippen LogP contribution is -2.38. The van der Waals surface area contributed by atoms with Gasteiger partial charge in [-0.1, -0.05) is 6.07 Å². The summed E-state index contributed by atoms with van der Waals surface area (Å²) in [7, 11) is 4.48. The van der Waals surface area contributed by atoms with Crippen molar-refractivity contribution in [3.63, 3.8) is 0 Å². The summed E-state index contributed by atoms with van der Waals surface area (Å²) in [5, 5.41) is 12.3. The van der Waals surface area contributed by atoms with E-state index in [2.05, 4.69) is 5.32 Å². The van der Waals surface area contributed by atoms with Gasteiger partial charge < -0.3 is 24.8 Å². The number of nitrogens with one attached hydrogen (secondary N) is 1. The zero-order valence-electron chi connectivity index (χ0n) is 14.9. The van der Waals surface area contributed by atoms with Crippen molar-refractivity contribution >= 4 is 17.8 Å². The molecule has 0 aromatic heterocycles. The van der Waals surface area contributed by atoms with Crippen LogP contribution in [0.1, 0.15) is 24.4 Å². The highest BCUT2D eigenvalue weighted by molar-refractivity contribution is 5.90. The minimum Gasteiger partial charge on any atom is -0.493 e. The summed E-state index contributed by atoms with van der Waals surface area (Å²) in [5.41, 5.74) is 0.653. The van der Waals surface area contributed by atoms with Crippen molar-refractivity contribution in [1.29, 1.82) is 0 Å². The zero-order chi connectivity index (χ0) is 19.0. The maximum absolute atomic E-state index is 12.6. The highest BCUT2D eigenvalue weighted by Gasteiger charge is 2.59. The normalized spacial score (nSPS) is 27.2. The van der Waals surface area contributed by atoms with Gasteiger partial charge in [0.2, 0.25) is 11.8 Å². The third-order valence-electron chi connectivity index (χ3n) is 5.32. The Hall–Kier alpha value is -2.77. The van der Waals surface area contributed by atoms with E-state index in [9.17, 15) is 19.5 Å². The van der Waals surface area contributed by atoms with Gasteiger partial charge in [0, 0.05) is 19.5 Å². The molecule has 140 valence electrons. The molecule has 0 radical (unpaired) electrons. The Morgan fingerprint density at radius 2 is 1.88 bits per heavy atom. The Labute approximate surface area is 151 Å². The van der Waals surface area contributed by atoms with Crippen LogP contribution in [-0.4, -0.2) is 55.1 Å². The van der Waals surface area contributed by atoms with Crippen molar-refractivity contribution in [2.75, 3.05) is 21.3 Å². The van der Waals surface area contributed by atoms with E-state index in [-0.39, 0.29) is 11.8 Å². The van der Waals surface area contributed by atoms with Crippen molar-refractivity contribution in [3.05, 3.63) is 23.8 Å². The van der Waals surface area contributed by atoms with Crippen LogP contribution in [0.3, 0.4) is 0 Å². The maximum atomic E-state index is 12.6. The highest BCUT2D eigenvalue weighted by atomic mass is 16.5. The fourth-order valence-corrected chi connectivity index (χ4v) is 4.24. The number of rotatable bonds is 5. The topological polar surface area (TPSA) is 105 Å². The van der Waals surface area contributed by atoms with Gasteiger partial charge in [0.1, 0.15) is 0 Å². The molecule has 0 bridgehead atoms. The van der Waals surface area contributed by atoms with Crippen LogP contribution in [0.2, 0.25) is 0 Å². The van der Waals surface area contributed by atoms with E-state index in [4.69, 9.17) is 9.47 Å². The number of amides is 2. The third kappa shape index (κ3) is 2.65. The molecular formula is C18H22N2O6. The molecule has 1 aromatic rings. The first-order chi connectivity index (χ1) is 12.4. The Balaban J connectivity index is 2.13. The van der Waals surface area contributed by atoms with E-state index >= 15 is 0 Å². The number of carbonyl (C=O) groups is 3. The molecule has 26 heavy (non-hydrogen) atoms. The minimum atomic E-state index is -1.06. The Kier molecular flexibility index (Phi) is 4.76. The summed E-state index contributed by atoms with van der Waals surface area (Å²) < 4.78 is 10.6. The first-order valence-corrected chi connectivity index (χ1v) is 8.42. The molecule has 2 amide bonds. The Bertz CT molecular complexity index is 749. The predicted molar refractivity (Wildman–Crippen MR) is 90.8 cm³/mol. The number of carbonyl (C=O) groups excluding carboxylic acids is 2. The smallest absolute Gasteiger partial charge is 0.309 e. The van der Waals surface area contributed by atoms with Crippen molar-refractivity contribution in [2.45, 2.75) is 24.9 Å². The van der Waals surface area contributed by atoms with Crippen LogP contribution in [0.15, 0.2) is 18.2 Å². The van der Waals surface area contributed by atoms with Crippen molar-refractivity contribution < 1.29 is 29.0 Å². The number of fused-ring (bicyclic) bond motifs is 1. The molecule has 0 unspecified atom stereocenters. The summed E-state index contributed by atoms with van der Waals surface area (Å²) in [4.78, 5) is 38.5. The molecule has 4 atom stereocenters. The molecule has 1 aromatic carbocycles. The molecule has 8 nitrogen and oxygen atoms in total. The number of carboxylic acid groups (broad SMARTS) is 1. The second-order valence-electron chi connectivity index (χ2n) is 6.47. The van der Waals surface area contributed by atoms with Crippen LogP contribution < -0.4 is 14.8 Å². The van der Waals surface area contributed by atoms with E-state index < -0.39 is 29.9 Å². The van der Waals surface area contributed by atoms with E-state index in [1.165, 1.54) is 21.3 Å². The molecule has 8 heteroatoms. The van der Waals surface area contributed by atoms with Crippen LogP contribution in [0.5, 0.6) is 11.5 Å². The summed E-state index contributed by atoms with van der Waals surface area (Å²) in [6.45, 7) is 0. The van der Waals surface area contributed by atoms with Crippen molar-refractivity contribution in [1.82, 2.24) is 10.2 Å². The van der Waals surface area contributed by atoms with E-state index in [1.54, 1.807) is 23.1 Å². The number of ether oxygens (including phenoxy) is 2. The number of methoxy groups -OCH3 is 2. The highest BCUT2D eigenvalue weighted by Crippen LogP contribution is 2.50. The predicted octanol–water partition coefficient (Wildman–Crippen LogP) is 0.813. The molecule has 2 fully saturated rings. The van der Waals surface area contributed by atoms with E-state index in [0.29, 0.717) is 29.9 Å². The minimum absolute atomic E-state index is 0.132. The number of benzene rings is 1. The lowest BCUT2D eigenvalue weighted by Gasteiger charge is -2.27. The van der Waals surface area contributed by atoms with Gasteiger partial charge in [-0.3, -0.25) is 14.4 Å². The standard InChI is InChI=1S/C18H22N2O6/c1-19-17(22)15-14(18(23)24)10-5-7-13(21)20(10)16(15)9-4-6-11(25-2)12(8-9)26-3/h4,6,8,10,14-16H,5,7H2,1-3H3,(H,19,22)(H,23,24)/t10-,14-,15-,16+/m1/s1. The average Bonchev–Trinajstić information content (AvgIpc) is 3.18. The second kappa shape index (κ2) is 6.86. The monoisotopic (exact) mass is 362 g/mol. The van der Waals surface area contributed by atoms with E-state index in [1.807, 2.05) is 0 Å². The van der Waals surface area contributed by atoms with Crippen molar-refractivity contribution in [2.24, 2.45) is 11.8 Å². The molecule has 2 aliphatic rings. The van der Waals surface area contributed by atoms with E-state index in [0.717, 1.165) is 0 Å². The van der Waals surface area contributed by atoms with Crippen LogP contribution in [0.25, 0.3) is 0 Å². The first kappa shape index (κ1) is 18.0. The fraction of sp³-hybridized carbons (Fsp3) is 0.500. The lowest BCUT2D eigenvalue weighted by atomic mass is 9.82. The summed E-state index contributed by atoms with van der Waals surface area (Å²) >= 11 is 0. The molecule has 2 aliphatic heterocycles. The van der Waals surface area contributed by atoms with Crippen LogP contribution in [-0.2, 0) is 14.4 Å². The largest absolute Gasteiger partial charge is 0.493 e. The van der Waals surface area contributed by atoms with Gasteiger partial charge in [-0.2, -0.15) is 0 Å². The van der Waals surface area contributed by atoms with Crippen molar-refractivity contribution in [3.8, 4) is 11.5 Å². The summed E-state index contributed by atoms with van der Waals surface area (Å²) in [5.74, 6) is -2.42. The molecule has 3 rings (SSSR count). The van der Waals surface area contributed by atoms with Gasteiger partial charge in [-0.25, -0.2) is 0 Å². The molecule has 0 aliphatic carbocycles. The molecule has 0 spiro atoms. The second-order valence-corrected chi connectivity index (χ2v) is 6.47. The SMILES string of the molecule is CNC(=O)[C@@H]1[C@H](C(=O)O)[C@H]2CCC(=O)N2[C@H]1c1ccc(OC)c(OC)c1. The van der Waals surface area contributed by atoms with Gasteiger partial charge in [0.25, 0.3) is 0 Å². The summed E-state index contributed by atoms with van der Waals surface area (Å²) in [6, 6.07) is 4.00. The molecule has 2 heterocycles. The molecule has 2 saturated heterocycles. The summed E-state index contributed by atoms with van der Waals surface area (Å²) in [6.07, 6.45) is 0.728. The maximum Gasteiger partial charge on any atom is 0.309 e. The fourth-order valence-electron chi connectivity index (χ4n) is 4.24. The molecular weight excluding hydrogens is 340 g/mol. The number of hydrogen-bond donors (Lipinski definition) is 2. The Morgan fingerprint density at radius 1 is 1.19 bits per heavy atom. The van der Waals surface area contributed by atoms with Gasteiger partial charge in [0.05, 0.1) is 32.1 Å². The third-order valence-corrected chi connectivity index (χ3v) is 5.32. The average molecular weight is 362 g/mol. The molecule has 2 N–H and O–H groups in total. The first-order valence-electron chi connectivity index (χ1n) is 8.42. The van der Waals surface area contributed by atoms with Gasteiger partial charge in [-0.05, 0) is 24.1 Å². The van der Waals surface area contributed by atoms with Gasteiger partial charge >= 0.3 is 5.97 Å². The zero-order valence-corrected chi connectivity index (χ0v) is 14.9. The lowest BCUT2D eigenvalue weighted by molar-refractivity contribution is -0.146. The Morgan fingerprint density at radius 3 is 2.46 bits per heavy atom. The number of aliphatic carboxylic acids is 1. The van der Waals surface area contributed by atoms with Gasteiger partial charge in [0.15, 0.2) is 11.5 Å². The quantitative estimate of drug-likeness (QED) is 0.803. The van der Waals surface area contributed by atoms with Crippen LogP contribution >= 0.6 is 0 Å². The number of nitrogens with zero attached hydrogens (tertiary/aromatic N) is 1. The molecule has 0 saturated carbocycles. The number of carboxylic acids is 1. The van der Waals surface area contributed by atoms with Crippen LogP contribution in [0.4, 0.5) is 0 Å². The number of hydrogen-bond acceptors (Lipinski definition) is 5. The van der Waals surface area contributed by atoms with Crippen LogP contribution in [0, 0.1) is 11.8 Å². The van der Waals surface area contributed by atoms with Gasteiger partial charge in [-0.15, -0.1) is 0 Å².